The highest BCUT2D eigenvalue weighted by molar-refractivity contribution is 7.88. The molecular weight excluding hydrogens is 649 g/mol. The zero-order valence-corrected chi connectivity index (χ0v) is 35.5. The van der Waals surface area contributed by atoms with E-state index in [2.05, 4.69) is 170 Å². The Balaban J connectivity index is 4.29. The highest BCUT2D eigenvalue weighted by atomic mass is 31.3. The van der Waals surface area contributed by atoms with Gasteiger partial charge in [0.05, 0.1) is 13.2 Å². The number of benzene rings is 1. The Morgan fingerprint density at radius 3 is 1.32 bits per heavy atom. The third kappa shape index (κ3) is 10.9. The number of nitrogens with zero attached hydrogens (tertiary/aromatic N) is 11. The molecule has 1 aromatic carbocycles. The Labute approximate surface area is 272 Å². The van der Waals surface area contributed by atoms with E-state index in [4.69, 9.17) is 22.8 Å². The minimum atomic E-state index is -3.08. The Morgan fingerprint density at radius 1 is 0.568 bits per heavy atom. The molecule has 0 spiro atoms. The fourth-order valence-corrected chi connectivity index (χ4v) is 23.1. The van der Waals surface area contributed by atoms with Gasteiger partial charge >= 0.3 is 7.87 Å². The Kier molecular flexibility index (Phi) is 16.4. The lowest BCUT2D eigenvalue weighted by atomic mass is 10.2. The van der Waals surface area contributed by atoms with E-state index in [9.17, 15) is 0 Å². The van der Waals surface area contributed by atoms with Crippen LogP contribution in [0.4, 0.5) is 0 Å². The molecule has 0 heterocycles. The average molecular weight is 715 g/mol. The molecule has 0 N–H and O–H groups in total. The Bertz CT molecular complexity index is 1190. The predicted molar refractivity (Wildman–Crippen MR) is 205 cm³/mol. The summed E-state index contributed by atoms with van der Waals surface area (Å²) in [5.41, 5.74) is 1.17. The molecule has 258 valence electrons. The first-order chi connectivity index (χ1) is 20.0. The molecule has 0 saturated heterocycles. The van der Waals surface area contributed by atoms with E-state index in [-0.39, 0.29) is 0 Å². The second-order valence-electron chi connectivity index (χ2n) is 13.1. The van der Waals surface area contributed by atoms with Crippen LogP contribution in [0.2, 0.25) is 0 Å². The van der Waals surface area contributed by atoms with Gasteiger partial charge in [0.2, 0.25) is 7.51 Å². The zero-order chi connectivity index (χ0) is 34.3. The van der Waals surface area contributed by atoms with Crippen LogP contribution in [-0.4, -0.2) is 171 Å². The largest absolute Gasteiger partial charge is 0.496 e. The van der Waals surface area contributed by atoms with Crippen molar-refractivity contribution in [3.8, 4) is 0 Å². The molecule has 0 aliphatic carbocycles. The maximum atomic E-state index is 6.17. The molecule has 0 saturated carbocycles. The summed E-state index contributed by atoms with van der Waals surface area (Å²) < 4.78 is 45.4. The number of likely N-dealkylation sites (N-methyl/N-ethyl adjacent to an activating group) is 1. The van der Waals surface area contributed by atoms with Gasteiger partial charge in [0.15, 0.2) is 0 Å². The summed E-state index contributed by atoms with van der Waals surface area (Å²) in [4.78, 5) is 0. The van der Waals surface area contributed by atoms with Crippen LogP contribution in [0.15, 0.2) is 48.4 Å². The molecule has 0 amide bonds. The highest BCUT2D eigenvalue weighted by Gasteiger charge is 2.52. The van der Waals surface area contributed by atoms with Crippen molar-refractivity contribution in [1.82, 2.24) is 32.7 Å². The molecule has 0 aliphatic heterocycles. The number of rotatable bonds is 16. The molecule has 1 rings (SSSR count). The van der Waals surface area contributed by atoms with Crippen LogP contribution in [0, 0.1) is 0 Å². The van der Waals surface area contributed by atoms with E-state index in [0.717, 1.165) is 0 Å². The first kappa shape index (κ1) is 42.3. The smallest absolute Gasteiger partial charge is 0.375 e. The second kappa shape index (κ2) is 17.1. The molecule has 0 fully saturated rings. The van der Waals surface area contributed by atoms with Gasteiger partial charge < -0.3 is 4.74 Å². The first-order valence-electron chi connectivity index (χ1n) is 14.7. The van der Waals surface area contributed by atoms with Crippen LogP contribution in [0.25, 0.3) is 0 Å². The molecule has 0 radical (unpaired) electrons. The lowest BCUT2D eigenvalue weighted by Crippen LogP contribution is -2.34. The second-order valence-corrected chi connectivity index (χ2v) is 31.0. The van der Waals surface area contributed by atoms with Crippen LogP contribution in [0.5, 0.6) is 0 Å². The van der Waals surface area contributed by atoms with Gasteiger partial charge in [-0.15, -0.1) is 0 Å². The molecule has 0 bridgehead atoms. The van der Waals surface area contributed by atoms with E-state index in [1.807, 2.05) is 18.2 Å². The molecule has 0 aromatic heterocycles. The van der Waals surface area contributed by atoms with Gasteiger partial charge in [-0.05, 0) is 131 Å². The molecule has 0 aliphatic rings. The Hall–Kier alpha value is 0.250. The molecule has 0 atom stereocenters. The van der Waals surface area contributed by atoms with E-state index < -0.39 is 37.1 Å². The first-order valence-corrected chi connectivity index (χ1v) is 25.2. The molecule has 44 heavy (non-hydrogen) atoms. The molecule has 17 heteroatoms. The van der Waals surface area contributed by atoms with Gasteiger partial charge in [0.1, 0.15) is 14.7 Å². The summed E-state index contributed by atoms with van der Waals surface area (Å²) >= 11 is 0. The maximum absolute atomic E-state index is 6.17. The number of ether oxygens (including phenoxy) is 1. The molecule has 0 unspecified atom stereocenters. The van der Waals surface area contributed by atoms with Gasteiger partial charge in [-0.2, -0.15) is 0 Å². The number of hydrogen-bond acceptors (Lipinski definition) is 5. The van der Waals surface area contributed by atoms with Crippen LogP contribution in [0.3, 0.4) is 0 Å². The van der Waals surface area contributed by atoms with Crippen LogP contribution < -0.4 is 0 Å². The third-order valence-electron chi connectivity index (χ3n) is 7.44. The van der Waals surface area contributed by atoms with Crippen LogP contribution in [-0.2, 0) is 11.3 Å². The van der Waals surface area contributed by atoms with Crippen LogP contribution in [0.1, 0.15) is 5.56 Å². The maximum Gasteiger partial charge on any atom is 0.496 e. The van der Waals surface area contributed by atoms with Crippen molar-refractivity contribution in [1.29, 1.82) is 0 Å². The lowest BCUT2D eigenvalue weighted by Gasteiger charge is -2.42. The fraction of sp³-hybridized carbons (Fsp3) is 0.778. The van der Waals surface area contributed by atoms with Crippen LogP contribution >= 0.6 is 37.1 Å². The standard InChI is InChI=1S/C27H65N11OP5/c1-32(2)41(17,33(3)4)29-43(28-40(14,15)16,30-42(18,34(5)6)35(7)8)31-44(36(9)10,37(11)12)38(13)24-25-39-26-27-22-20-19-21-23-27/h19-23H,24-26H2,1-18H3/q+1. The van der Waals surface area contributed by atoms with Gasteiger partial charge in [-0.1, -0.05) is 34.8 Å². The van der Waals surface area contributed by atoms with Crippen molar-refractivity contribution in [3.05, 3.63) is 35.9 Å². The number of hydrogen-bond donors (Lipinski definition) is 0. The molecule has 12 nitrogen and oxygen atoms in total. The highest BCUT2D eigenvalue weighted by Crippen LogP contribution is 2.84. The zero-order valence-electron chi connectivity index (χ0n) is 31.1. The predicted octanol–water partition coefficient (Wildman–Crippen LogP) is 7.54. The topological polar surface area (TPSA) is 81.3 Å². The molecular formula is C27H65N11OP5+. The van der Waals surface area contributed by atoms with Crippen molar-refractivity contribution in [2.24, 2.45) is 18.1 Å². The quantitative estimate of drug-likeness (QED) is 0.128. The van der Waals surface area contributed by atoms with E-state index >= 15 is 0 Å². The summed E-state index contributed by atoms with van der Waals surface area (Å²) in [5, 5.41) is 0. The minimum absolute atomic E-state index is 0.577. The monoisotopic (exact) mass is 714 g/mol. The summed E-state index contributed by atoms with van der Waals surface area (Å²) in [6.45, 7) is 13.1. The van der Waals surface area contributed by atoms with Gasteiger partial charge in [-0.3, -0.25) is 18.7 Å². The molecule has 1 aromatic rings. The SMILES string of the molecule is CN(C)P(C)(=N[P+](N=P(C)(C)C)(N=P(C)(N(C)C)N(C)C)N=P(N(C)C)(N(C)C)N(C)CCOCc1ccccc1)N(C)C. The minimum Gasteiger partial charge on any atom is -0.375 e. The van der Waals surface area contributed by atoms with Crippen molar-refractivity contribution >= 4 is 37.1 Å². The van der Waals surface area contributed by atoms with Crippen molar-refractivity contribution in [2.75, 3.05) is 138 Å². The lowest BCUT2D eigenvalue weighted by molar-refractivity contribution is 0.112. The third-order valence-corrected chi connectivity index (χ3v) is 26.4. The van der Waals surface area contributed by atoms with Gasteiger partial charge in [-0.25, -0.2) is 14.0 Å². The normalized spacial score (nSPS) is 14.1. The van der Waals surface area contributed by atoms with E-state index in [1.54, 1.807) is 0 Å². The summed E-state index contributed by atoms with van der Waals surface area (Å²) in [6, 6.07) is 10.3. The fourth-order valence-electron chi connectivity index (χ4n) is 4.41. The Morgan fingerprint density at radius 2 is 0.977 bits per heavy atom. The average Bonchev–Trinajstić information content (AvgIpc) is 2.88. The van der Waals surface area contributed by atoms with Gasteiger partial charge in [0.25, 0.3) is 0 Å². The summed E-state index contributed by atoms with van der Waals surface area (Å²) in [7, 11) is 15.7. The van der Waals surface area contributed by atoms with E-state index in [1.165, 1.54) is 5.56 Å². The van der Waals surface area contributed by atoms with E-state index in [0.29, 0.717) is 19.8 Å². The summed E-state index contributed by atoms with van der Waals surface area (Å²) in [6.07, 6.45) is 0. The summed E-state index contributed by atoms with van der Waals surface area (Å²) in [5.74, 6) is 0. The van der Waals surface area contributed by atoms with Gasteiger partial charge in [0, 0.05) is 26.9 Å². The van der Waals surface area contributed by atoms with Crippen molar-refractivity contribution < 1.29 is 4.74 Å². The van der Waals surface area contributed by atoms with Crippen molar-refractivity contribution in [3.63, 3.8) is 0 Å². The van der Waals surface area contributed by atoms with Crippen molar-refractivity contribution in [2.45, 2.75) is 6.61 Å².